The standard InChI is InChI=1S/C19H20FN3O2/c1-12-6-7-17(25-12)16-5-3-4-8-23(16)19-13-9-18(24-2)14(20)10-15(13)21-11-22-19/h6-7,9-11,16H,3-5,8H2,1-2H3. The van der Waals surface area contributed by atoms with E-state index in [9.17, 15) is 4.39 Å². The van der Waals surface area contributed by atoms with Crippen LogP contribution < -0.4 is 9.64 Å². The van der Waals surface area contributed by atoms with Crippen LogP contribution in [0.2, 0.25) is 0 Å². The minimum absolute atomic E-state index is 0.122. The molecule has 0 radical (unpaired) electrons. The van der Waals surface area contributed by atoms with E-state index in [0.29, 0.717) is 5.52 Å². The Labute approximate surface area is 145 Å². The number of benzene rings is 1. The molecule has 3 aromatic rings. The Morgan fingerprint density at radius 3 is 2.88 bits per heavy atom. The first-order valence-electron chi connectivity index (χ1n) is 8.48. The van der Waals surface area contributed by atoms with Crippen molar-refractivity contribution in [3.63, 3.8) is 0 Å². The molecule has 4 rings (SSSR count). The average Bonchev–Trinajstić information content (AvgIpc) is 3.07. The Morgan fingerprint density at radius 1 is 1.24 bits per heavy atom. The number of furan rings is 1. The number of hydrogen-bond acceptors (Lipinski definition) is 5. The van der Waals surface area contributed by atoms with Gasteiger partial charge in [0.15, 0.2) is 11.6 Å². The van der Waals surface area contributed by atoms with Crippen LogP contribution in [-0.4, -0.2) is 23.6 Å². The molecule has 5 nitrogen and oxygen atoms in total. The molecule has 0 saturated carbocycles. The van der Waals surface area contributed by atoms with Crippen molar-refractivity contribution < 1.29 is 13.5 Å². The van der Waals surface area contributed by atoms with E-state index in [-0.39, 0.29) is 11.8 Å². The summed E-state index contributed by atoms with van der Waals surface area (Å²) >= 11 is 0. The van der Waals surface area contributed by atoms with Crippen LogP contribution in [0, 0.1) is 12.7 Å². The van der Waals surface area contributed by atoms with E-state index in [1.54, 1.807) is 6.07 Å². The summed E-state index contributed by atoms with van der Waals surface area (Å²) in [6, 6.07) is 7.21. The van der Waals surface area contributed by atoms with Gasteiger partial charge in [-0.3, -0.25) is 0 Å². The summed E-state index contributed by atoms with van der Waals surface area (Å²) in [4.78, 5) is 11.0. The molecule has 1 atom stereocenters. The number of piperidine rings is 1. The van der Waals surface area contributed by atoms with Gasteiger partial charge in [0.2, 0.25) is 0 Å². The van der Waals surface area contributed by atoms with Crippen LogP contribution in [0.4, 0.5) is 10.2 Å². The molecule has 0 aliphatic carbocycles. The Hall–Kier alpha value is -2.63. The molecule has 1 aliphatic heterocycles. The van der Waals surface area contributed by atoms with Gasteiger partial charge in [0, 0.05) is 18.0 Å². The summed E-state index contributed by atoms with van der Waals surface area (Å²) in [5, 5.41) is 0.788. The third-order valence-corrected chi connectivity index (χ3v) is 4.75. The number of nitrogens with zero attached hydrogens (tertiary/aromatic N) is 3. The summed E-state index contributed by atoms with van der Waals surface area (Å²) < 4.78 is 25.0. The van der Waals surface area contributed by atoms with E-state index in [4.69, 9.17) is 9.15 Å². The average molecular weight is 341 g/mol. The number of methoxy groups -OCH3 is 1. The minimum atomic E-state index is -0.420. The van der Waals surface area contributed by atoms with Crippen LogP contribution in [0.15, 0.2) is 35.0 Å². The summed E-state index contributed by atoms with van der Waals surface area (Å²) in [7, 11) is 1.46. The summed E-state index contributed by atoms with van der Waals surface area (Å²) in [5.74, 6) is 2.42. The molecule has 1 aromatic carbocycles. The van der Waals surface area contributed by atoms with E-state index in [0.717, 1.165) is 48.5 Å². The molecule has 1 fully saturated rings. The van der Waals surface area contributed by atoms with Gasteiger partial charge in [0.1, 0.15) is 23.7 Å². The lowest BCUT2D eigenvalue weighted by Gasteiger charge is -2.36. The molecule has 2 aromatic heterocycles. The van der Waals surface area contributed by atoms with Crippen molar-refractivity contribution in [2.45, 2.75) is 32.2 Å². The molecule has 0 amide bonds. The maximum Gasteiger partial charge on any atom is 0.167 e. The van der Waals surface area contributed by atoms with E-state index >= 15 is 0 Å². The van der Waals surface area contributed by atoms with Gasteiger partial charge < -0.3 is 14.1 Å². The third kappa shape index (κ3) is 2.81. The normalized spacial score (nSPS) is 17.9. The predicted molar refractivity (Wildman–Crippen MR) is 93.4 cm³/mol. The highest BCUT2D eigenvalue weighted by Crippen LogP contribution is 2.38. The van der Waals surface area contributed by atoms with E-state index < -0.39 is 5.82 Å². The molecule has 0 spiro atoms. The van der Waals surface area contributed by atoms with Crippen LogP contribution in [0.3, 0.4) is 0 Å². The van der Waals surface area contributed by atoms with Gasteiger partial charge in [-0.25, -0.2) is 14.4 Å². The number of ether oxygens (including phenoxy) is 1. The first-order chi connectivity index (χ1) is 12.2. The molecular formula is C19H20FN3O2. The smallest absolute Gasteiger partial charge is 0.167 e. The topological polar surface area (TPSA) is 51.4 Å². The first-order valence-corrected chi connectivity index (χ1v) is 8.48. The van der Waals surface area contributed by atoms with Gasteiger partial charge >= 0.3 is 0 Å². The monoisotopic (exact) mass is 341 g/mol. The molecule has 1 unspecified atom stereocenters. The lowest BCUT2D eigenvalue weighted by Crippen LogP contribution is -2.34. The maximum atomic E-state index is 14.0. The number of fused-ring (bicyclic) bond motifs is 1. The van der Waals surface area contributed by atoms with Crippen molar-refractivity contribution in [3.8, 4) is 5.75 Å². The summed E-state index contributed by atoms with van der Waals surface area (Å²) in [6.45, 7) is 2.82. The summed E-state index contributed by atoms with van der Waals surface area (Å²) in [6.07, 6.45) is 4.71. The number of aryl methyl sites for hydroxylation is 1. The minimum Gasteiger partial charge on any atom is -0.494 e. The van der Waals surface area contributed by atoms with Crippen molar-refractivity contribution in [2.75, 3.05) is 18.6 Å². The van der Waals surface area contributed by atoms with Gasteiger partial charge in [-0.2, -0.15) is 0 Å². The van der Waals surface area contributed by atoms with E-state index in [2.05, 4.69) is 14.9 Å². The SMILES string of the molecule is COc1cc2c(N3CCCCC3c3ccc(C)o3)ncnc2cc1F. The molecule has 3 heterocycles. The fourth-order valence-electron chi connectivity index (χ4n) is 3.54. The number of hydrogen-bond donors (Lipinski definition) is 0. The fraction of sp³-hybridized carbons (Fsp3) is 0.368. The molecule has 0 bridgehead atoms. The van der Waals surface area contributed by atoms with Crippen LogP contribution in [0.25, 0.3) is 10.9 Å². The number of rotatable bonds is 3. The Balaban J connectivity index is 1.83. The number of aromatic nitrogens is 2. The van der Waals surface area contributed by atoms with Crippen LogP contribution in [0.1, 0.15) is 36.8 Å². The predicted octanol–water partition coefficient (Wildman–Crippen LogP) is 4.41. The zero-order valence-corrected chi connectivity index (χ0v) is 14.3. The fourth-order valence-corrected chi connectivity index (χ4v) is 3.54. The van der Waals surface area contributed by atoms with Crippen LogP contribution >= 0.6 is 0 Å². The maximum absolute atomic E-state index is 14.0. The molecule has 25 heavy (non-hydrogen) atoms. The quantitative estimate of drug-likeness (QED) is 0.706. The summed E-state index contributed by atoms with van der Waals surface area (Å²) in [5.41, 5.74) is 0.572. The van der Waals surface area contributed by atoms with Gasteiger partial charge in [-0.15, -0.1) is 0 Å². The largest absolute Gasteiger partial charge is 0.494 e. The van der Waals surface area contributed by atoms with Gasteiger partial charge in [0.25, 0.3) is 0 Å². The van der Waals surface area contributed by atoms with Crippen molar-refractivity contribution in [1.29, 1.82) is 0 Å². The highest BCUT2D eigenvalue weighted by atomic mass is 19.1. The zero-order valence-electron chi connectivity index (χ0n) is 14.3. The highest BCUT2D eigenvalue weighted by molar-refractivity contribution is 5.90. The Kier molecular flexibility index (Phi) is 4.03. The van der Waals surface area contributed by atoms with Crippen molar-refractivity contribution in [2.24, 2.45) is 0 Å². The van der Waals surface area contributed by atoms with E-state index in [1.165, 1.54) is 19.5 Å². The molecule has 1 saturated heterocycles. The van der Waals surface area contributed by atoms with Crippen molar-refractivity contribution in [3.05, 3.63) is 47.9 Å². The van der Waals surface area contributed by atoms with Crippen LogP contribution in [0.5, 0.6) is 5.75 Å². The van der Waals surface area contributed by atoms with Gasteiger partial charge in [-0.05, 0) is 44.4 Å². The van der Waals surface area contributed by atoms with Gasteiger partial charge in [-0.1, -0.05) is 0 Å². The first kappa shape index (κ1) is 15.9. The molecule has 1 aliphatic rings. The second-order valence-corrected chi connectivity index (χ2v) is 6.35. The second-order valence-electron chi connectivity index (χ2n) is 6.35. The lowest BCUT2D eigenvalue weighted by molar-refractivity contribution is 0.381. The third-order valence-electron chi connectivity index (χ3n) is 4.75. The molecular weight excluding hydrogens is 321 g/mol. The number of halogens is 1. The second kappa shape index (κ2) is 6.35. The molecule has 0 N–H and O–H groups in total. The highest BCUT2D eigenvalue weighted by Gasteiger charge is 2.29. The molecule has 6 heteroatoms. The van der Waals surface area contributed by atoms with Crippen molar-refractivity contribution in [1.82, 2.24) is 9.97 Å². The number of anilines is 1. The van der Waals surface area contributed by atoms with Crippen LogP contribution in [-0.2, 0) is 0 Å². The Bertz CT molecular complexity index is 909. The van der Waals surface area contributed by atoms with E-state index in [1.807, 2.05) is 19.1 Å². The van der Waals surface area contributed by atoms with Gasteiger partial charge in [0.05, 0.1) is 18.7 Å². The zero-order chi connectivity index (χ0) is 17.4. The Morgan fingerprint density at radius 2 is 2.12 bits per heavy atom. The molecule has 130 valence electrons. The van der Waals surface area contributed by atoms with Crippen molar-refractivity contribution >= 4 is 16.7 Å². The lowest BCUT2D eigenvalue weighted by atomic mass is 9.99.